The number of amides is 1. The monoisotopic (exact) mass is 446 g/mol. The van der Waals surface area contributed by atoms with E-state index in [1.54, 1.807) is 43.2 Å². The van der Waals surface area contributed by atoms with Crippen molar-refractivity contribution in [3.8, 4) is 5.75 Å². The minimum atomic E-state index is -0.174. The number of nitrogens with two attached hydrogens (primary N) is 1. The number of hydrogen-bond acceptors (Lipinski definition) is 7. The summed E-state index contributed by atoms with van der Waals surface area (Å²) in [6.45, 7) is 13.2. The maximum atomic E-state index is 13.1. The molecule has 1 aromatic heterocycles. The van der Waals surface area contributed by atoms with Gasteiger partial charge in [0.25, 0.3) is 5.91 Å². The number of carbonyl (C=O) groups is 1. The lowest BCUT2D eigenvalue weighted by Crippen LogP contribution is -2.40. The SMILES string of the molecule is [C-]#[N+]c1cc(N)cc([C@@H](C)Nc2nc(C)nc3cc(C(=O)N4CCOCC4)c(OC)cc23)c1. The molecule has 0 radical (unpaired) electrons. The number of methoxy groups -OCH3 is 1. The van der Waals surface area contributed by atoms with Gasteiger partial charge in [-0.15, -0.1) is 0 Å². The topological polar surface area (TPSA) is 107 Å². The molecule has 1 amide bonds. The highest BCUT2D eigenvalue weighted by Crippen LogP contribution is 2.32. The molecular formula is C24H26N6O3. The molecule has 1 atom stereocenters. The Morgan fingerprint density at radius 3 is 2.70 bits per heavy atom. The van der Waals surface area contributed by atoms with Crippen molar-refractivity contribution in [3.05, 3.63) is 58.7 Å². The Morgan fingerprint density at radius 1 is 1.24 bits per heavy atom. The van der Waals surface area contributed by atoms with Gasteiger partial charge in [-0.2, -0.15) is 0 Å². The van der Waals surface area contributed by atoms with Crippen molar-refractivity contribution in [1.29, 1.82) is 0 Å². The zero-order chi connectivity index (χ0) is 23.5. The van der Waals surface area contributed by atoms with E-state index >= 15 is 0 Å². The zero-order valence-electron chi connectivity index (χ0n) is 18.9. The van der Waals surface area contributed by atoms with Crippen LogP contribution < -0.4 is 15.8 Å². The van der Waals surface area contributed by atoms with Crippen molar-refractivity contribution < 1.29 is 14.3 Å². The number of rotatable bonds is 5. The molecule has 9 heteroatoms. The van der Waals surface area contributed by atoms with E-state index in [1.165, 1.54) is 0 Å². The summed E-state index contributed by atoms with van der Waals surface area (Å²) >= 11 is 0. The van der Waals surface area contributed by atoms with Gasteiger partial charge in [0.15, 0.2) is 5.69 Å². The molecule has 0 unspecified atom stereocenters. The number of benzene rings is 2. The van der Waals surface area contributed by atoms with Crippen LogP contribution in [0, 0.1) is 13.5 Å². The average molecular weight is 447 g/mol. The van der Waals surface area contributed by atoms with Gasteiger partial charge in [0.2, 0.25) is 0 Å². The minimum absolute atomic E-state index is 0.109. The normalized spacial score (nSPS) is 14.5. The van der Waals surface area contributed by atoms with Gasteiger partial charge in [0.05, 0.1) is 38.0 Å². The van der Waals surface area contributed by atoms with Crippen LogP contribution in [0.1, 0.15) is 34.7 Å². The smallest absolute Gasteiger partial charge is 0.257 e. The van der Waals surface area contributed by atoms with Crippen LogP contribution in [0.2, 0.25) is 0 Å². The van der Waals surface area contributed by atoms with E-state index in [-0.39, 0.29) is 11.9 Å². The summed E-state index contributed by atoms with van der Waals surface area (Å²) in [7, 11) is 1.54. The molecule has 33 heavy (non-hydrogen) atoms. The Balaban J connectivity index is 1.73. The third-order valence-electron chi connectivity index (χ3n) is 5.60. The molecule has 1 aliphatic heterocycles. The number of nitrogen functional groups attached to an aromatic ring is 1. The van der Waals surface area contributed by atoms with E-state index < -0.39 is 0 Å². The van der Waals surface area contributed by atoms with E-state index in [2.05, 4.69) is 20.1 Å². The van der Waals surface area contributed by atoms with Gasteiger partial charge in [-0.25, -0.2) is 14.8 Å². The summed E-state index contributed by atoms with van der Waals surface area (Å²) in [5, 5.41) is 4.14. The summed E-state index contributed by atoms with van der Waals surface area (Å²) in [4.78, 5) is 27.5. The molecule has 2 heterocycles. The first-order valence-corrected chi connectivity index (χ1v) is 10.7. The average Bonchev–Trinajstić information content (AvgIpc) is 2.82. The maximum absolute atomic E-state index is 13.1. The lowest BCUT2D eigenvalue weighted by molar-refractivity contribution is 0.0301. The number of ether oxygens (including phenoxy) is 2. The maximum Gasteiger partial charge on any atom is 0.257 e. The van der Waals surface area contributed by atoms with Crippen LogP contribution >= 0.6 is 0 Å². The van der Waals surface area contributed by atoms with Crippen LogP contribution in [0.5, 0.6) is 5.75 Å². The summed E-state index contributed by atoms with van der Waals surface area (Å²) in [6.07, 6.45) is 0. The fourth-order valence-electron chi connectivity index (χ4n) is 3.92. The first-order chi connectivity index (χ1) is 15.9. The van der Waals surface area contributed by atoms with Crippen molar-refractivity contribution >= 4 is 34.0 Å². The fourth-order valence-corrected chi connectivity index (χ4v) is 3.92. The van der Waals surface area contributed by atoms with Gasteiger partial charge in [-0.05, 0) is 43.7 Å². The van der Waals surface area contributed by atoms with Crippen LogP contribution in [0.4, 0.5) is 17.2 Å². The highest BCUT2D eigenvalue weighted by Gasteiger charge is 2.24. The van der Waals surface area contributed by atoms with Gasteiger partial charge in [-0.1, -0.05) is 6.07 Å². The molecule has 0 spiro atoms. The molecule has 9 nitrogen and oxygen atoms in total. The molecule has 170 valence electrons. The Hall–Kier alpha value is -3.90. The molecule has 0 saturated carbocycles. The van der Waals surface area contributed by atoms with Gasteiger partial charge in [-0.3, -0.25) is 4.79 Å². The second kappa shape index (κ2) is 9.30. The number of nitrogens with one attached hydrogen (secondary N) is 1. The van der Waals surface area contributed by atoms with E-state index in [0.717, 1.165) is 10.9 Å². The highest BCUT2D eigenvalue weighted by atomic mass is 16.5. The molecule has 1 saturated heterocycles. The summed E-state index contributed by atoms with van der Waals surface area (Å²) in [5.41, 5.74) is 8.96. The second-order valence-corrected chi connectivity index (χ2v) is 7.93. The van der Waals surface area contributed by atoms with Gasteiger partial charge < -0.3 is 25.4 Å². The van der Waals surface area contributed by atoms with E-state index in [0.29, 0.717) is 66.1 Å². The van der Waals surface area contributed by atoms with Crippen LogP contribution in [-0.2, 0) is 4.74 Å². The van der Waals surface area contributed by atoms with Crippen molar-refractivity contribution in [2.45, 2.75) is 19.9 Å². The van der Waals surface area contributed by atoms with Crippen molar-refractivity contribution in [2.75, 3.05) is 44.5 Å². The predicted octanol–water partition coefficient (Wildman–Crippen LogP) is 3.73. The molecule has 3 aromatic rings. The van der Waals surface area contributed by atoms with E-state index in [1.807, 2.05) is 13.0 Å². The van der Waals surface area contributed by atoms with Crippen LogP contribution in [0.25, 0.3) is 15.7 Å². The van der Waals surface area contributed by atoms with Crippen LogP contribution in [0.3, 0.4) is 0 Å². The quantitative estimate of drug-likeness (QED) is 0.454. The standard InChI is InChI=1S/C24H26N6O3/c1-14(16-9-17(25)11-18(10-16)26-3)27-23-19-13-22(32-4)20(12-21(19)28-15(2)29-23)24(31)30-5-7-33-8-6-30/h9-14H,5-8,25H2,1-2,4H3,(H,27,28,29)/t14-/m1/s1. The molecule has 2 aromatic carbocycles. The third kappa shape index (κ3) is 4.66. The van der Waals surface area contributed by atoms with Crippen LogP contribution in [0.15, 0.2) is 30.3 Å². The molecule has 1 aliphatic rings. The molecule has 1 fully saturated rings. The number of hydrogen-bond donors (Lipinski definition) is 2. The van der Waals surface area contributed by atoms with Crippen molar-refractivity contribution in [2.24, 2.45) is 0 Å². The summed E-state index contributed by atoms with van der Waals surface area (Å²) in [5.74, 6) is 1.53. The number of morpholine rings is 1. The zero-order valence-corrected chi connectivity index (χ0v) is 18.9. The molecule has 0 aliphatic carbocycles. The second-order valence-electron chi connectivity index (χ2n) is 7.93. The molecule has 0 bridgehead atoms. The number of fused-ring (bicyclic) bond motifs is 1. The number of nitrogens with zero attached hydrogens (tertiary/aromatic N) is 4. The minimum Gasteiger partial charge on any atom is -0.496 e. The lowest BCUT2D eigenvalue weighted by atomic mass is 10.1. The van der Waals surface area contributed by atoms with Crippen LogP contribution in [-0.4, -0.2) is 54.2 Å². The number of aryl methyl sites for hydroxylation is 1. The van der Waals surface area contributed by atoms with E-state index in [9.17, 15) is 4.79 Å². The number of carbonyl (C=O) groups excluding carboxylic acids is 1. The first kappa shape index (κ1) is 22.3. The van der Waals surface area contributed by atoms with Crippen molar-refractivity contribution in [1.82, 2.24) is 14.9 Å². The van der Waals surface area contributed by atoms with Gasteiger partial charge in [0.1, 0.15) is 17.4 Å². The molecular weight excluding hydrogens is 420 g/mol. The Labute approximate surface area is 192 Å². The van der Waals surface area contributed by atoms with Gasteiger partial charge >= 0.3 is 0 Å². The predicted molar refractivity (Wildman–Crippen MR) is 127 cm³/mol. The Bertz CT molecular complexity index is 1250. The summed E-state index contributed by atoms with van der Waals surface area (Å²) in [6, 6.07) is 8.66. The van der Waals surface area contributed by atoms with Gasteiger partial charge in [0, 0.05) is 30.2 Å². The van der Waals surface area contributed by atoms with E-state index in [4.69, 9.17) is 21.8 Å². The Morgan fingerprint density at radius 2 is 2.00 bits per heavy atom. The summed E-state index contributed by atoms with van der Waals surface area (Å²) < 4.78 is 10.9. The number of aromatic nitrogens is 2. The fraction of sp³-hybridized carbons (Fsp3) is 0.333. The lowest BCUT2D eigenvalue weighted by Gasteiger charge is -2.27. The molecule has 3 N–H and O–H groups in total. The van der Waals surface area contributed by atoms with Crippen molar-refractivity contribution in [3.63, 3.8) is 0 Å². The highest BCUT2D eigenvalue weighted by molar-refractivity contribution is 6.02. The largest absolute Gasteiger partial charge is 0.496 e. The third-order valence-corrected chi connectivity index (χ3v) is 5.60. The molecule has 4 rings (SSSR count). The first-order valence-electron chi connectivity index (χ1n) is 10.7. The Kier molecular flexibility index (Phi) is 6.29. The number of anilines is 2.